The number of nitrogens with one attached hydrogen (secondary N) is 2. The molecule has 210 valence electrons. The van der Waals surface area contributed by atoms with Crippen LogP contribution in [0.15, 0.2) is 42.5 Å². The van der Waals surface area contributed by atoms with Crippen LogP contribution < -0.4 is 20.1 Å². The summed E-state index contributed by atoms with van der Waals surface area (Å²) < 4.78 is 42.7. The quantitative estimate of drug-likeness (QED) is 0.502. The van der Waals surface area contributed by atoms with Crippen LogP contribution >= 0.6 is 0 Å². The third-order valence-corrected chi connectivity index (χ3v) is 7.36. The van der Waals surface area contributed by atoms with Crippen molar-refractivity contribution >= 4 is 17.7 Å². The zero-order valence-corrected chi connectivity index (χ0v) is 21.8. The number of benzene rings is 2. The highest BCUT2D eigenvalue weighted by Crippen LogP contribution is 2.49. The summed E-state index contributed by atoms with van der Waals surface area (Å²) in [5.74, 6) is -1.27. The maximum Gasteiger partial charge on any atom is 0.490 e. The van der Waals surface area contributed by atoms with E-state index in [2.05, 4.69) is 40.8 Å². The van der Waals surface area contributed by atoms with Crippen LogP contribution in [-0.4, -0.2) is 68.1 Å². The predicted molar refractivity (Wildman–Crippen MR) is 137 cm³/mol. The first-order valence-electron chi connectivity index (χ1n) is 12.2. The Morgan fingerprint density at radius 3 is 2.41 bits per heavy atom. The van der Waals surface area contributed by atoms with E-state index in [1.54, 1.807) is 32.4 Å². The highest BCUT2D eigenvalue weighted by atomic mass is 19.4. The normalized spacial score (nSPS) is 22.4. The molecule has 3 N–H and O–H groups in total. The van der Waals surface area contributed by atoms with Crippen molar-refractivity contribution in [3.8, 4) is 17.6 Å². The number of amides is 2. The lowest BCUT2D eigenvalue weighted by Gasteiger charge is -2.45. The summed E-state index contributed by atoms with van der Waals surface area (Å²) in [6, 6.07) is 15.5. The van der Waals surface area contributed by atoms with Crippen LogP contribution in [-0.2, 0) is 10.2 Å². The highest BCUT2D eigenvalue weighted by Gasteiger charge is 2.50. The highest BCUT2D eigenvalue weighted by molar-refractivity contribution is 5.90. The monoisotopic (exact) mass is 548 g/mol. The van der Waals surface area contributed by atoms with E-state index in [1.165, 1.54) is 5.56 Å². The lowest BCUT2D eigenvalue weighted by atomic mass is 9.65. The van der Waals surface area contributed by atoms with E-state index in [1.807, 2.05) is 12.1 Å². The number of nitriles is 1. The van der Waals surface area contributed by atoms with Crippen LogP contribution in [0.3, 0.4) is 0 Å². The fourth-order valence-electron chi connectivity index (χ4n) is 5.43. The smallest absolute Gasteiger partial charge is 0.490 e. The van der Waals surface area contributed by atoms with Gasteiger partial charge >= 0.3 is 18.2 Å². The average Bonchev–Trinajstić information content (AvgIpc) is 3.25. The summed E-state index contributed by atoms with van der Waals surface area (Å²) in [7, 11) is 5.49. The first kappa shape index (κ1) is 29.6. The second-order valence-electron chi connectivity index (χ2n) is 9.50. The Kier molecular flexibility index (Phi) is 9.29. The molecule has 0 radical (unpaired) electrons. The van der Waals surface area contributed by atoms with Crippen LogP contribution in [0.5, 0.6) is 11.5 Å². The van der Waals surface area contributed by atoms with Gasteiger partial charge in [-0.3, -0.25) is 0 Å². The van der Waals surface area contributed by atoms with E-state index >= 15 is 0 Å². The molecule has 2 aliphatic rings. The Morgan fingerprint density at radius 1 is 1.13 bits per heavy atom. The van der Waals surface area contributed by atoms with E-state index in [4.69, 9.17) is 19.4 Å². The molecule has 2 amide bonds. The van der Waals surface area contributed by atoms with E-state index in [0.29, 0.717) is 17.3 Å². The number of carbonyl (C=O) groups excluding carboxylic acids is 1. The molecule has 1 aliphatic carbocycles. The molecule has 0 spiro atoms. The number of nitrogens with zero attached hydrogens (tertiary/aromatic N) is 2. The summed E-state index contributed by atoms with van der Waals surface area (Å²) >= 11 is 0. The molecule has 1 heterocycles. The standard InChI is InChI=1S/C25H30N4O3.C2HF3O2/c1-29-13-12-25(18-8-9-21(31-2)22(14-18)32-3)11-10-19(15-23(25)29)27-24(30)28-20-7-5-4-6-17(20)16-26;3-2(4,5)1(6)7/h4-9,14,19,23H,10-13,15H2,1-3H3,(H2,27,28,30);(H,6,7). The zero-order valence-electron chi connectivity index (χ0n) is 21.8. The number of likely N-dealkylation sites (tertiary alicyclic amines) is 1. The van der Waals surface area contributed by atoms with Gasteiger partial charge in [0.25, 0.3) is 0 Å². The summed E-state index contributed by atoms with van der Waals surface area (Å²) in [6.07, 6.45) is -1.25. The van der Waals surface area contributed by atoms with Gasteiger partial charge in [0, 0.05) is 17.5 Å². The van der Waals surface area contributed by atoms with Gasteiger partial charge in [-0.15, -0.1) is 0 Å². The molecule has 1 saturated carbocycles. The minimum Gasteiger partial charge on any atom is -0.493 e. The lowest BCUT2D eigenvalue weighted by molar-refractivity contribution is -0.192. The molecule has 9 nitrogen and oxygen atoms in total. The van der Waals surface area contributed by atoms with Crippen LogP contribution in [0, 0.1) is 11.3 Å². The first-order valence-corrected chi connectivity index (χ1v) is 12.2. The number of aliphatic carboxylic acids is 1. The molecule has 0 bridgehead atoms. The van der Waals surface area contributed by atoms with E-state index < -0.39 is 12.1 Å². The van der Waals surface area contributed by atoms with Crippen molar-refractivity contribution in [3.05, 3.63) is 53.6 Å². The molecule has 1 aliphatic heterocycles. The molecule has 3 unspecified atom stereocenters. The number of carboxylic acid groups (broad SMARTS) is 1. The number of alkyl halides is 3. The number of hydrogen-bond acceptors (Lipinski definition) is 6. The number of methoxy groups -OCH3 is 2. The molecule has 2 aromatic rings. The molecule has 1 saturated heterocycles. The Balaban J connectivity index is 0.000000532. The van der Waals surface area contributed by atoms with Crippen molar-refractivity contribution in [2.45, 2.75) is 49.4 Å². The third kappa shape index (κ3) is 6.72. The number of anilines is 1. The molecule has 3 atom stereocenters. The number of carboxylic acids is 1. The van der Waals surface area contributed by atoms with Crippen LogP contribution in [0.1, 0.15) is 36.8 Å². The second-order valence-corrected chi connectivity index (χ2v) is 9.50. The van der Waals surface area contributed by atoms with Crippen LogP contribution in [0.2, 0.25) is 0 Å². The van der Waals surface area contributed by atoms with Crippen molar-refractivity contribution in [2.24, 2.45) is 0 Å². The average molecular weight is 549 g/mol. The number of urea groups is 1. The van der Waals surface area contributed by atoms with Gasteiger partial charge in [-0.05, 0) is 69.1 Å². The largest absolute Gasteiger partial charge is 0.493 e. The molecule has 2 aromatic carbocycles. The van der Waals surface area contributed by atoms with Crippen molar-refractivity contribution < 1.29 is 37.3 Å². The number of likely N-dealkylation sites (N-methyl/N-ethyl adjacent to an activating group) is 1. The van der Waals surface area contributed by atoms with Gasteiger partial charge in [-0.25, -0.2) is 9.59 Å². The van der Waals surface area contributed by atoms with Gasteiger partial charge < -0.3 is 30.1 Å². The molecule has 12 heteroatoms. The Morgan fingerprint density at radius 2 is 1.79 bits per heavy atom. The number of ether oxygens (including phenoxy) is 2. The Hall–Kier alpha value is -3.98. The van der Waals surface area contributed by atoms with Gasteiger partial charge in [0.1, 0.15) is 6.07 Å². The number of fused-ring (bicyclic) bond motifs is 1. The third-order valence-electron chi connectivity index (χ3n) is 7.36. The minimum atomic E-state index is -5.08. The summed E-state index contributed by atoms with van der Waals surface area (Å²) in [4.78, 5) is 24.0. The maximum absolute atomic E-state index is 12.7. The van der Waals surface area contributed by atoms with Crippen molar-refractivity contribution in [1.82, 2.24) is 10.2 Å². The predicted octanol–water partition coefficient (Wildman–Crippen LogP) is 4.52. The van der Waals surface area contributed by atoms with Gasteiger partial charge in [-0.1, -0.05) is 18.2 Å². The molecular formula is C27H31F3N4O5. The zero-order chi connectivity index (χ0) is 28.8. The fourth-order valence-corrected chi connectivity index (χ4v) is 5.43. The molecular weight excluding hydrogens is 517 g/mol. The van der Waals surface area contributed by atoms with E-state index in [9.17, 15) is 23.2 Å². The van der Waals surface area contributed by atoms with Crippen molar-refractivity contribution in [3.63, 3.8) is 0 Å². The van der Waals surface area contributed by atoms with E-state index in [0.717, 1.165) is 43.7 Å². The summed E-state index contributed by atoms with van der Waals surface area (Å²) in [5, 5.41) is 22.3. The number of halogens is 3. The van der Waals surface area contributed by atoms with Gasteiger partial charge in [0.05, 0.1) is 25.5 Å². The summed E-state index contributed by atoms with van der Waals surface area (Å²) in [6.45, 7) is 1.02. The fraction of sp³-hybridized carbons (Fsp3) is 0.444. The number of para-hydroxylation sites is 1. The van der Waals surface area contributed by atoms with E-state index in [-0.39, 0.29) is 17.5 Å². The molecule has 39 heavy (non-hydrogen) atoms. The van der Waals surface area contributed by atoms with Crippen LogP contribution in [0.4, 0.5) is 23.7 Å². The first-order chi connectivity index (χ1) is 18.4. The molecule has 0 aromatic heterocycles. The maximum atomic E-state index is 12.7. The number of hydrogen-bond donors (Lipinski definition) is 3. The molecule has 2 fully saturated rings. The Bertz CT molecular complexity index is 1230. The van der Waals surface area contributed by atoms with Gasteiger partial charge in [-0.2, -0.15) is 18.4 Å². The van der Waals surface area contributed by atoms with Gasteiger partial charge in [0.15, 0.2) is 11.5 Å². The number of rotatable bonds is 5. The SMILES string of the molecule is COc1ccc(C23CCC(NC(=O)Nc4ccccc4C#N)CC2N(C)CC3)cc1OC.O=C(O)C(F)(F)F. The van der Waals surface area contributed by atoms with Crippen molar-refractivity contribution in [1.29, 1.82) is 5.26 Å². The Labute approximate surface area is 224 Å². The molecule has 4 rings (SSSR count). The lowest BCUT2D eigenvalue weighted by Crippen LogP contribution is -2.52. The van der Waals surface area contributed by atoms with Crippen molar-refractivity contribution in [2.75, 3.05) is 33.1 Å². The van der Waals surface area contributed by atoms with Gasteiger partial charge in [0.2, 0.25) is 0 Å². The van der Waals surface area contributed by atoms with Crippen LogP contribution in [0.25, 0.3) is 0 Å². The second kappa shape index (κ2) is 12.3. The topological polar surface area (TPSA) is 124 Å². The minimum absolute atomic E-state index is 0.0381. The number of carbonyl (C=O) groups is 2. The summed E-state index contributed by atoms with van der Waals surface area (Å²) in [5.41, 5.74) is 2.29.